The molecule has 1 aliphatic rings. The molecular formula is C15H22O2. The van der Waals surface area contributed by atoms with Crippen LogP contribution in [0.5, 0.6) is 0 Å². The van der Waals surface area contributed by atoms with Gasteiger partial charge in [-0.15, -0.1) is 0 Å². The Morgan fingerprint density at radius 3 is 1.47 bits per heavy atom. The summed E-state index contributed by atoms with van der Waals surface area (Å²) in [5.74, 6) is 0.486. The molecular weight excluding hydrogens is 212 g/mol. The van der Waals surface area contributed by atoms with E-state index in [9.17, 15) is 9.59 Å². The van der Waals surface area contributed by atoms with Crippen molar-refractivity contribution in [2.45, 2.75) is 41.5 Å². The van der Waals surface area contributed by atoms with E-state index in [2.05, 4.69) is 27.7 Å². The summed E-state index contributed by atoms with van der Waals surface area (Å²) in [6, 6.07) is 0. The fourth-order valence-electron chi connectivity index (χ4n) is 2.14. The van der Waals surface area contributed by atoms with E-state index < -0.39 is 0 Å². The summed E-state index contributed by atoms with van der Waals surface area (Å²) in [6.45, 7) is 11.6. The summed E-state index contributed by atoms with van der Waals surface area (Å²) in [5.41, 5.74) is 1.22. The van der Waals surface area contributed by atoms with Gasteiger partial charge >= 0.3 is 0 Å². The predicted octanol–water partition coefficient (Wildman–Crippen LogP) is 3.33. The van der Waals surface area contributed by atoms with Crippen LogP contribution in [0.3, 0.4) is 0 Å². The van der Waals surface area contributed by atoms with E-state index in [-0.39, 0.29) is 28.8 Å². The van der Waals surface area contributed by atoms with Crippen LogP contribution in [0.2, 0.25) is 0 Å². The van der Waals surface area contributed by atoms with Gasteiger partial charge in [-0.05, 0) is 31.1 Å². The minimum atomic E-state index is -0.0248. The Bertz CT molecular complexity index is 373. The normalized spacial score (nSPS) is 27.9. The fraction of sp³-hybridized carbons (Fsp3) is 0.600. The van der Waals surface area contributed by atoms with Crippen LogP contribution in [-0.4, -0.2) is 11.6 Å². The van der Waals surface area contributed by atoms with Crippen LogP contribution >= 0.6 is 0 Å². The lowest BCUT2D eigenvalue weighted by atomic mass is 9.71. The number of allylic oxidation sites excluding steroid dienone is 4. The summed E-state index contributed by atoms with van der Waals surface area (Å²) in [5, 5.41) is 0. The molecule has 17 heavy (non-hydrogen) atoms. The minimum absolute atomic E-state index is 0.0248. The maximum atomic E-state index is 11.7. The number of Topliss-reactive ketones (excluding diaryl/α,β-unsaturated/α-hetero) is 2. The number of ketones is 2. The Labute approximate surface area is 104 Å². The van der Waals surface area contributed by atoms with Gasteiger partial charge < -0.3 is 0 Å². The molecule has 1 rings (SSSR count). The van der Waals surface area contributed by atoms with Crippen molar-refractivity contribution in [3.8, 4) is 0 Å². The molecule has 94 valence electrons. The SMILES string of the molecule is CC(=O)C1=CC(C)C(C)(C)C(C)C=C1C(C)=O. The van der Waals surface area contributed by atoms with Crippen molar-refractivity contribution in [3.05, 3.63) is 23.3 Å². The second kappa shape index (κ2) is 4.59. The van der Waals surface area contributed by atoms with E-state index in [4.69, 9.17) is 0 Å². The molecule has 0 saturated heterocycles. The van der Waals surface area contributed by atoms with Gasteiger partial charge in [-0.2, -0.15) is 0 Å². The molecule has 0 spiro atoms. The molecule has 0 amide bonds. The van der Waals surface area contributed by atoms with Gasteiger partial charge in [0.05, 0.1) is 0 Å². The monoisotopic (exact) mass is 234 g/mol. The van der Waals surface area contributed by atoms with Gasteiger partial charge in [0, 0.05) is 11.1 Å². The second-order valence-corrected chi connectivity index (χ2v) is 5.67. The van der Waals surface area contributed by atoms with Crippen molar-refractivity contribution in [1.29, 1.82) is 0 Å². The van der Waals surface area contributed by atoms with Gasteiger partial charge in [-0.25, -0.2) is 0 Å². The molecule has 2 nitrogen and oxygen atoms in total. The maximum absolute atomic E-state index is 11.7. The zero-order chi connectivity index (χ0) is 13.4. The van der Waals surface area contributed by atoms with Crippen LogP contribution in [0, 0.1) is 17.3 Å². The molecule has 0 radical (unpaired) electrons. The average molecular weight is 234 g/mol. The first kappa shape index (κ1) is 13.9. The van der Waals surface area contributed by atoms with E-state index in [0.29, 0.717) is 11.1 Å². The first-order valence-electron chi connectivity index (χ1n) is 6.13. The van der Waals surface area contributed by atoms with Gasteiger partial charge in [0.2, 0.25) is 0 Å². The highest BCUT2D eigenvalue weighted by atomic mass is 16.1. The van der Waals surface area contributed by atoms with Crippen LogP contribution in [0.15, 0.2) is 23.3 Å². The average Bonchev–Trinajstić information content (AvgIpc) is 2.28. The number of hydrogen-bond donors (Lipinski definition) is 0. The third kappa shape index (κ3) is 2.56. The van der Waals surface area contributed by atoms with Gasteiger partial charge in [-0.1, -0.05) is 39.8 Å². The van der Waals surface area contributed by atoms with Crippen LogP contribution in [0.25, 0.3) is 0 Å². The maximum Gasteiger partial charge on any atom is 0.160 e. The summed E-state index contributed by atoms with van der Waals surface area (Å²) < 4.78 is 0. The Morgan fingerprint density at radius 1 is 0.941 bits per heavy atom. The second-order valence-electron chi connectivity index (χ2n) is 5.67. The Kier molecular flexibility index (Phi) is 3.75. The highest BCUT2D eigenvalue weighted by Crippen LogP contribution is 2.41. The third-order valence-corrected chi connectivity index (χ3v) is 4.23. The Morgan fingerprint density at radius 2 is 1.24 bits per heavy atom. The van der Waals surface area contributed by atoms with Gasteiger partial charge in [0.1, 0.15) is 0 Å². The van der Waals surface area contributed by atoms with Crippen LogP contribution in [0.4, 0.5) is 0 Å². The number of carbonyl (C=O) groups excluding carboxylic acids is 2. The Balaban J connectivity index is 3.40. The van der Waals surface area contributed by atoms with E-state index in [1.54, 1.807) is 0 Å². The van der Waals surface area contributed by atoms with E-state index >= 15 is 0 Å². The molecule has 0 saturated carbocycles. The molecule has 0 heterocycles. The summed E-state index contributed by atoms with van der Waals surface area (Å²) in [6.07, 6.45) is 3.91. The molecule has 0 aliphatic heterocycles. The predicted molar refractivity (Wildman–Crippen MR) is 69.6 cm³/mol. The third-order valence-electron chi connectivity index (χ3n) is 4.23. The number of hydrogen-bond acceptors (Lipinski definition) is 2. The summed E-state index contributed by atoms with van der Waals surface area (Å²) >= 11 is 0. The van der Waals surface area contributed by atoms with Crippen molar-refractivity contribution in [2.75, 3.05) is 0 Å². The fourth-order valence-corrected chi connectivity index (χ4v) is 2.14. The molecule has 2 unspecified atom stereocenters. The molecule has 0 aromatic rings. The van der Waals surface area contributed by atoms with E-state index in [1.807, 2.05) is 12.2 Å². The molecule has 0 aromatic carbocycles. The molecule has 2 atom stereocenters. The lowest BCUT2D eigenvalue weighted by Crippen LogP contribution is -2.26. The zero-order valence-corrected chi connectivity index (χ0v) is 11.6. The lowest BCUT2D eigenvalue weighted by molar-refractivity contribution is -0.116. The summed E-state index contributed by atoms with van der Waals surface area (Å²) in [4.78, 5) is 23.3. The van der Waals surface area contributed by atoms with Crippen molar-refractivity contribution < 1.29 is 9.59 Å². The zero-order valence-electron chi connectivity index (χ0n) is 11.6. The molecule has 0 aromatic heterocycles. The van der Waals surface area contributed by atoms with Crippen molar-refractivity contribution in [2.24, 2.45) is 17.3 Å². The van der Waals surface area contributed by atoms with Crippen molar-refractivity contribution in [1.82, 2.24) is 0 Å². The smallest absolute Gasteiger partial charge is 0.160 e. The van der Waals surface area contributed by atoms with Crippen LogP contribution in [-0.2, 0) is 9.59 Å². The quantitative estimate of drug-likeness (QED) is 0.734. The standard InChI is InChI=1S/C15H22O2/c1-9-7-13(11(3)16)14(12(4)17)8-10(2)15(9,5)6/h7-10H,1-6H3. The number of carbonyl (C=O) groups is 2. The first-order valence-corrected chi connectivity index (χ1v) is 6.13. The van der Waals surface area contributed by atoms with E-state index in [1.165, 1.54) is 13.8 Å². The minimum Gasteiger partial charge on any atom is -0.294 e. The molecule has 0 N–H and O–H groups in total. The van der Waals surface area contributed by atoms with Crippen LogP contribution < -0.4 is 0 Å². The summed E-state index contributed by atoms with van der Waals surface area (Å²) in [7, 11) is 0. The van der Waals surface area contributed by atoms with Crippen molar-refractivity contribution >= 4 is 11.6 Å². The molecule has 2 heteroatoms. The van der Waals surface area contributed by atoms with Gasteiger partial charge in [-0.3, -0.25) is 9.59 Å². The molecule has 0 bridgehead atoms. The van der Waals surface area contributed by atoms with Gasteiger partial charge in [0.15, 0.2) is 11.6 Å². The van der Waals surface area contributed by atoms with E-state index in [0.717, 1.165) is 0 Å². The molecule has 0 fully saturated rings. The highest BCUT2D eigenvalue weighted by molar-refractivity contribution is 6.11. The highest BCUT2D eigenvalue weighted by Gasteiger charge is 2.34. The Hall–Kier alpha value is -1.18. The van der Waals surface area contributed by atoms with Gasteiger partial charge in [0.25, 0.3) is 0 Å². The number of rotatable bonds is 2. The first-order chi connectivity index (χ1) is 7.67. The largest absolute Gasteiger partial charge is 0.294 e. The topological polar surface area (TPSA) is 34.1 Å². The lowest BCUT2D eigenvalue weighted by Gasteiger charge is -2.33. The van der Waals surface area contributed by atoms with Crippen molar-refractivity contribution in [3.63, 3.8) is 0 Å². The van der Waals surface area contributed by atoms with Crippen LogP contribution in [0.1, 0.15) is 41.5 Å². The molecule has 1 aliphatic carbocycles.